The largest absolute Gasteiger partial charge is 0.460 e. The lowest BCUT2D eigenvalue weighted by molar-refractivity contribution is -0.157. The molecular formula is C21H38O4. The monoisotopic (exact) mass is 354 g/mol. The molecule has 0 atom stereocenters. The standard InChI is InChI=1S/C21H38O4/c1-16(2)13-15-21(7,8)24-18(22)12-10-9-11-14-20(5,6)25-19(23)17(3)4/h16H,3,9-15H2,1-2,4-8H3. The smallest absolute Gasteiger partial charge is 0.333 e. The number of carbonyl (C=O) groups is 2. The van der Waals surface area contributed by atoms with Gasteiger partial charge in [0.15, 0.2) is 0 Å². The quantitative estimate of drug-likeness (QED) is 0.260. The van der Waals surface area contributed by atoms with Gasteiger partial charge in [-0.25, -0.2) is 4.79 Å². The first-order valence-electron chi connectivity index (χ1n) is 9.45. The van der Waals surface area contributed by atoms with Crippen molar-refractivity contribution in [2.45, 2.75) is 105 Å². The lowest BCUT2D eigenvalue weighted by Crippen LogP contribution is -2.28. The van der Waals surface area contributed by atoms with E-state index in [2.05, 4.69) is 20.4 Å². The molecule has 0 N–H and O–H groups in total. The van der Waals surface area contributed by atoms with Gasteiger partial charge in [0.1, 0.15) is 11.2 Å². The van der Waals surface area contributed by atoms with Crippen LogP contribution in [0.4, 0.5) is 0 Å². The number of unbranched alkanes of at least 4 members (excludes halogenated alkanes) is 2. The van der Waals surface area contributed by atoms with E-state index < -0.39 is 5.60 Å². The maximum Gasteiger partial charge on any atom is 0.333 e. The molecule has 0 fully saturated rings. The maximum absolute atomic E-state index is 12.0. The molecule has 0 spiro atoms. The molecule has 25 heavy (non-hydrogen) atoms. The van der Waals surface area contributed by atoms with Gasteiger partial charge >= 0.3 is 11.9 Å². The van der Waals surface area contributed by atoms with Crippen molar-refractivity contribution in [2.24, 2.45) is 5.92 Å². The van der Waals surface area contributed by atoms with E-state index in [0.29, 0.717) is 17.9 Å². The maximum atomic E-state index is 12.0. The molecule has 4 nitrogen and oxygen atoms in total. The van der Waals surface area contributed by atoms with Crippen LogP contribution in [0.25, 0.3) is 0 Å². The van der Waals surface area contributed by atoms with Gasteiger partial charge in [0.2, 0.25) is 0 Å². The predicted molar refractivity (Wildman–Crippen MR) is 102 cm³/mol. The van der Waals surface area contributed by atoms with E-state index in [1.165, 1.54) is 0 Å². The highest BCUT2D eigenvalue weighted by Crippen LogP contribution is 2.22. The number of ether oxygens (including phenoxy) is 2. The Morgan fingerprint density at radius 2 is 1.48 bits per heavy atom. The molecule has 0 aliphatic heterocycles. The zero-order valence-electron chi connectivity index (χ0n) is 17.4. The minimum atomic E-state index is -0.505. The Kier molecular flexibility index (Phi) is 10.1. The number of rotatable bonds is 12. The SMILES string of the molecule is C=C(C)C(=O)OC(C)(C)CCCCCC(=O)OC(C)(C)CCC(C)C. The van der Waals surface area contributed by atoms with Gasteiger partial charge in [-0.2, -0.15) is 0 Å². The average molecular weight is 355 g/mol. The molecule has 0 aliphatic carbocycles. The molecular weight excluding hydrogens is 316 g/mol. The highest BCUT2D eigenvalue weighted by Gasteiger charge is 2.24. The highest BCUT2D eigenvalue weighted by molar-refractivity contribution is 5.87. The second-order valence-corrected chi connectivity index (χ2v) is 8.66. The summed E-state index contributed by atoms with van der Waals surface area (Å²) in [5.41, 5.74) is -0.481. The van der Waals surface area contributed by atoms with Crippen LogP contribution in [0.3, 0.4) is 0 Å². The molecule has 0 unspecified atom stereocenters. The number of hydrogen-bond donors (Lipinski definition) is 0. The number of esters is 2. The van der Waals surface area contributed by atoms with Crippen molar-refractivity contribution in [1.82, 2.24) is 0 Å². The van der Waals surface area contributed by atoms with Crippen molar-refractivity contribution in [3.63, 3.8) is 0 Å². The van der Waals surface area contributed by atoms with Gasteiger partial charge in [-0.3, -0.25) is 4.79 Å². The normalized spacial score (nSPS) is 12.2. The van der Waals surface area contributed by atoms with Crippen molar-refractivity contribution in [2.75, 3.05) is 0 Å². The summed E-state index contributed by atoms with van der Waals surface area (Å²) in [5.74, 6) is 0.138. The average Bonchev–Trinajstić information content (AvgIpc) is 2.43. The van der Waals surface area contributed by atoms with Crippen molar-refractivity contribution in [3.05, 3.63) is 12.2 Å². The summed E-state index contributed by atoms with van der Waals surface area (Å²) in [7, 11) is 0. The second-order valence-electron chi connectivity index (χ2n) is 8.66. The fraction of sp³-hybridized carbons (Fsp3) is 0.810. The van der Waals surface area contributed by atoms with Crippen LogP contribution in [-0.4, -0.2) is 23.1 Å². The van der Waals surface area contributed by atoms with Crippen molar-refractivity contribution in [1.29, 1.82) is 0 Å². The van der Waals surface area contributed by atoms with Crippen molar-refractivity contribution >= 4 is 11.9 Å². The lowest BCUT2D eigenvalue weighted by atomic mass is 9.97. The second kappa shape index (κ2) is 10.6. The molecule has 0 bridgehead atoms. The van der Waals surface area contributed by atoms with Crippen LogP contribution in [0.15, 0.2) is 12.2 Å². The molecule has 0 saturated carbocycles. The summed E-state index contributed by atoms with van der Waals surface area (Å²) in [6.45, 7) is 17.3. The van der Waals surface area contributed by atoms with Crippen LogP contribution in [0.5, 0.6) is 0 Å². The molecule has 0 aromatic rings. The third-order valence-electron chi connectivity index (χ3n) is 4.09. The lowest BCUT2D eigenvalue weighted by Gasteiger charge is -2.26. The molecule has 0 aromatic carbocycles. The van der Waals surface area contributed by atoms with Gasteiger partial charge in [-0.15, -0.1) is 0 Å². The fourth-order valence-electron chi connectivity index (χ4n) is 2.43. The van der Waals surface area contributed by atoms with Gasteiger partial charge in [0, 0.05) is 12.0 Å². The first-order chi connectivity index (χ1) is 11.3. The minimum Gasteiger partial charge on any atom is -0.460 e. The summed E-state index contributed by atoms with van der Waals surface area (Å²) >= 11 is 0. The molecule has 0 aromatic heterocycles. The highest BCUT2D eigenvalue weighted by atomic mass is 16.6. The minimum absolute atomic E-state index is 0.123. The Labute approximate surface area is 154 Å². The Morgan fingerprint density at radius 1 is 0.920 bits per heavy atom. The van der Waals surface area contributed by atoms with Crippen LogP contribution in [0, 0.1) is 5.92 Å². The van der Waals surface area contributed by atoms with E-state index >= 15 is 0 Å². The summed E-state index contributed by atoms with van der Waals surface area (Å²) < 4.78 is 11.0. The Balaban J connectivity index is 3.99. The van der Waals surface area contributed by atoms with E-state index in [-0.39, 0.29) is 17.5 Å². The van der Waals surface area contributed by atoms with E-state index in [1.54, 1.807) is 6.92 Å². The topological polar surface area (TPSA) is 52.6 Å². The van der Waals surface area contributed by atoms with Crippen LogP contribution < -0.4 is 0 Å². The third-order valence-corrected chi connectivity index (χ3v) is 4.09. The Hall–Kier alpha value is -1.32. The van der Waals surface area contributed by atoms with E-state index in [9.17, 15) is 9.59 Å². The summed E-state index contributed by atoms with van der Waals surface area (Å²) in [4.78, 5) is 23.6. The molecule has 0 amide bonds. The summed E-state index contributed by atoms with van der Waals surface area (Å²) in [6, 6.07) is 0. The van der Waals surface area contributed by atoms with E-state index in [4.69, 9.17) is 9.47 Å². The summed E-state index contributed by atoms with van der Waals surface area (Å²) in [5, 5.41) is 0. The fourth-order valence-corrected chi connectivity index (χ4v) is 2.43. The zero-order valence-corrected chi connectivity index (χ0v) is 17.4. The molecule has 0 heterocycles. The third kappa shape index (κ3) is 12.7. The van der Waals surface area contributed by atoms with E-state index in [1.807, 2.05) is 27.7 Å². The van der Waals surface area contributed by atoms with Crippen LogP contribution in [0.1, 0.15) is 93.4 Å². The Morgan fingerprint density at radius 3 is 2.00 bits per heavy atom. The van der Waals surface area contributed by atoms with Gasteiger partial charge in [0.25, 0.3) is 0 Å². The van der Waals surface area contributed by atoms with Gasteiger partial charge in [-0.05, 0) is 72.6 Å². The van der Waals surface area contributed by atoms with Crippen LogP contribution >= 0.6 is 0 Å². The predicted octanol–water partition coefficient (Wildman–Crippen LogP) is 5.59. The first-order valence-corrected chi connectivity index (χ1v) is 9.45. The number of hydrogen-bond acceptors (Lipinski definition) is 4. The van der Waals surface area contributed by atoms with Crippen molar-refractivity contribution in [3.8, 4) is 0 Å². The molecule has 0 aliphatic rings. The molecule has 0 rings (SSSR count). The van der Waals surface area contributed by atoms with Crippen LogP contribution in [-0.2, 0) is 19.1 Å². The van der Waals surface area contributed by atoms with Gasteiger partial charge < -0.3 is 9.47 Å². The van der Waals surface area contributed by atoms with Crippen molar-refractivity contribution < 1.29 is 19.1 Å². The zero-order chi connectivity index (χ0) is 19.7. The number of carbonyl (C=O) groups excluding carboxylic acids is 2. The van der Waals surface area contributed by atoms with Gasteiger partial charge in [-0.1, -0.05) is 26.8 Å². The molecule has 0 saturated heterocycles. The molecule has 4 heteroatoms. The summed E-state index contributed by atoms with van der Waals surface area (Å²) in [6.07, 6.45) is 5.76. The molecule has 146 valence electrons. The van der Waals surface area contributed by atoms with E-state index in [0.717, 1.165) is 38.5 Å². The molecule has 0 radical (unpaired) electrons. The first kappa shape index (κ1) is 23.7. The van der Waals surface area contributed by atoms with Crippen LogP contribution in [0.2, 0.25) is 0 Å². The van der Waals surface area contributed by atoms with Gasteiger partial charge in [0.05, 0.1) is 0 Å². The Bertz CT molecular complexity index is 447.